The van der Waals surface area contributed by atoms with Gasteiger partial charge in [-0.2, -0.15) is 0 Å². The van der Waals surface area contributed by atoms with Crippen molar-refractivity contribution in [2.45, 2.75) is 25.5 Å². The van der Waals surface area contributed by atoms with Crippen molar-refractivity contribution in [3.8, 4) is 0 Å². The highest BCUT2D eigenvalue weighted by molar-refractivity contribution is 7.80. The molecule has 0 aromatic heterocycles. The largest absolute Gasteiger partial charge is 0.393 e. The summed E-state index contributed by atoms with van der Waals surface area (Å²) in [5.74, 6) is 0. The molecule has 2 fully saturated rings. The van der Waals surface area contributed by atoms with E-state index in [1.165, 1.54) is 0 Å². The van der Waals surface area contributed by atoms with Gasteiger partial charge >= 0.3 is 0 Å². The number of hydrogen-bond acceptors (Lipinski definition) is 3. The smallest absolute Gasteiger partial charge is 0.109 e. The van der Waals surface area contributed by atoms with Crippen LogP contribution in [0.25, 0.3) is 0 Å². The maximum absolute atomic E-state index is 5.66. The molecule has 2 rings (SSSR count). The molecular formula is C8H14N2OS. The Labute approximate surface area is 77.6 Å². The quantitative estimate of drug-likeness (QED) is 0.626. The molecule has 0 aromatic rings. The van der Waals surface area contributed by atoms with Crippen molar-refractivity contribution < 1.29 is 4.74 Å². The van der Waals surface area contributed by atoms with Crippen LogP contribution in [0, 0.1) is 5.41 Å². The fourth-order valence-electron chi connectivity index (χ4n) is 1.67. The first-order chi connectivity index (χ1) is 5.73. The van der Waals surface area contributed by atoms with E-state index in [0.29, 0.717) is 4.99 Å². The third kappa shape index (κ3) is 1.46. The topological polar surface area (TPSA) is 47.3 Å². The minimum Gasteiger partial charge on any atom is -0.393 e. The summed E-state index contributed by atoms with van der Waals surface area (Å²) < 4.78 is 5.45. The minimum absolute atomic E-state index is 0.136. The van der Waals surface area contributed by atoms with Crippen LogP contribution in [0.5, 0.6) is 0 Å². The van der Waals surface area contributed by atoms with Crippen molar-refractivity contribution in [2.24, 2.45) is 11.1 Å². The summed E-state index contributed by atoms with van der Waals surface area (Å²) in [6.45, 7) is 1.77. The molecule has 1 heterocycles. The summed E-state index contributed by atoms with van der Waals surface area (Å²) in [5.41, 5.74) is 5.80. The monoisotopic (exact) mass is 186 g/mol. The Morgan fingerprint density at radius 2 is 2.42 bits per heavy atom. The fraction of sp³-hybridized carbons (Fsp3) is 0.875. The molecule has 0 aromatic carbocycles. The molecule has 3 N–H and O–H groups in total. The number of rotatable bonds is 3. The van der Waals surface area contributed by atoms with Gasteiger partial charge in [-0.25, -0.2) is 0 Å². The van der Waals surface area contributed by atoms with Crippen LogP contribution in [0.3, 0.4) is 0 Å². The van der Waals surface area contributed by atoms with E-state index in [9.17, 15) is 0 Å². The Hall–Kier alpha value is -0.190. The molecular weight excluding hydrogens is 172 g/mol. The van der Waals surface area contributed by atoms with E-state index < -0.39 is 0 Å². The molecule has 2 aliphatic rings. The average Bonchev–Trinajstić information content (AvgIpc) is 2.60. The summed E-state index contributed by atoms with van der Waals surface area (Å²) >= 11 is 5.02. The lowest BCUT2D eigenvalue weighted by Crippen LogP contribution is -2.32. The third-order valence-corrected chi connectivity index (χ3v) is 3.18. The van der Waals surface area contributed by atoms with Gasteiger partial charge in [0, 0.05) is 12.0 Å². The van der Waals surface area contributed by atoms with Gasteiger partial charge in [0.05, 0.1) is 11.6 Å². The highest BCUT2D eigenvalue weighted by atomic mass is 32.1. The second-order valence-electron chi connectivity index (χ2n) is 3.66. The standard InChI is InChI=1S/C8H14N2OS/c9-7(12)8(1-2-8)5-6-10-3-4-11-6/h6,10H,1-5H2,(H2,9,12). The number of ether oxygens (including phenoxy) is 1. The number of thiocarbonyl (C=S) groups is 1. The lowest BCUT2D eigenvalue weighted by molar-refractivity contribution is 0.0843. The van der Waals surface area contributed by atoms with E-state index in [-0.39, 0.29) is 11.6 Å². The van der Waals surface area contributed by atoms with E-state index in [2.05, 4.69) is 5.32 Å². The Balaban J connectivity index is 1.89. The zero-order chi connectivity index (χ0) is 8.60. The number of hydrogen-bond donors (Lipinski definition) is 2. The van der Waals surface area contributed by atoms with Gasteiger partial charge in [-0.05, 0) is 19.3 Å². The molecule has 0 radical (unpaired) electrons. The van der Waals surface area contributed by atoms with Gasteiger partial charge in [-0.3, -0.25) is 5.32 Å². The fourth-order valence-corrected chi connectivity index (χ4v) is 1.96. The van der Waals surface area contributed by atoms with Crippen LogP contribution in [-0.4, -0.2) is 24.4 Å². The first-order valence-corrected chi connectivity index (χ1v) is 4.79. The highest BCUT2D eigenvalue weighted by Crippen LogP contribution is 2.50. The predicted molar refractivity (Wildman–Crippen MR) is 50.8 cm³/mol. The van der Waals surface area contributed by atoms with Crippen molar-refractivity contribution in [1.29, 1.82) is 0 Å². The van der Waals surface area contributed by atoms with E-state index in [1.807, 2.05) is 0 Å². The van der Waals surface area contributed by atoms with Crippen molar-refractivity contribution in [3.05, 3.63) is 0 Å². The van der Waals surface area contributed by atoms with Crippen LogP contribution in [0.1, 0.15) is 19.3 Å². The Kier molecular flexibility index (Phi) is 2.06. The summed E-state index contributed by atoms with van der Waals surface area (Å²) in [7, 11) is 0. The Bertz CT molecular complexity index is 197. The van der Waals surface area contributed by atoms with E-state index >= 15 is 0 Å². The van der Waals surface area contributed by atoms with Crippen LogP contribution < -0.4 is 11.1 Å². The van der Waals surface area contributed by atoms with Crippen molar-refractivity contribution >= 4 is 17.2 Å². The molecule has 0 bridgehead atoms. The van der Waals surface area contributed by atoms with Crippen LogP contribution in [-0.2, 0) is 4.74 Å². The first-order valence-electron chi connectivity index (χ1n) is 4.38. The highest BCUT2D eigenvalue weighted by Gasteiger charge is 2.47. The van der Waals surface area contributed by atoms with Gasteiger partial charge in [0.2, 0.25) is 0 Å². The zero-order valence-corrected chi connectivity index (χ0v) is 7.82. The molecule has 0 spiro atoms. The molecule has 4 heteroatoms. The van der Waals surface area contributed by atoms with E-state index in [1.54, 1.807) is 0 Å². The molecule has 1 aliphatic carbocycles. The van der Waals surface area contributed by atoms with Gasteiger partial charge in [0.1, 0.15) is 6.23 Å². The minimum atomic E-state index is 0.136. The third-order valence-electron chi connectivity index (χ3n) is 2.75. The van der Waals surface area contributed by atoms with Crippen molar-refractivity contribution in [3.63, 3.8) is 0 Å². The summed E-state index contributed by atoms with van der Waals surface area (Å²) in [4.78, 5) is 0.666. The normalized spacial score (nSPS) is 31.8. The molecule has 12 heavy (non-hydrogen) atoms. The van der Waals surface area contributed by atoms with Crippen LogP contribution in [0.4, 0.5) is 0 Å². The van der Waals surface area contributed by atoms with Crippen molar-refractivity contribution in [1.82, 2.24) is 5.32 Å². The van der Waals surface area contributed by atoms with Crippen LogP contribution in [0.15, 0.2) is 0 Å². The van der Waals surface area contributed by atoms with Gasteiger partial charge < -0.3 is 10.5 Å². The number of nitrogens with one attached hydrogen (secondary N) is 1. The van der Waals surface area contributed by atoms with Crippen molar-refractivity contribution in [2.75, 3.05) is 13.2 Å². The molecule has 1 saturated heterocycles. The van der Waals surface area contributed by atoms with Gasteiger partial charge in [0.15, 0.2) is 0 Å². The SMILES string of the molecule is NC(=S)C1(CC2NCCO2)CC1. The second-order valence-corrected chi connectivity index (χ2v) is 4.10. The molecule has 1 aliphatic heterocycles. The maximum Gasteiger partial charge on any atom is 0.109 e. The summed E-state index contributed by atoms with van der Waals surface area (Å²) in [6, 6.07) is 0. The van der Waals surface area contributed by atoms with Crippen LogP contribution in [0.2, 0.25) is 0 Å². The zero-order valence-electron chi connectivity index (χ0n) is 7.01. The maximum atomic E-state index is 5.66. The number of nitrogens with two attached hydrogens (primary N) is 1. The Morgan fingerprint density at radius 1 is 1.67 bits per heavy atom. The lowest BCUT2D eigenvalue weighted by Gasteiger charge is -2.17. The summed E-state index contributed by atoms with van der Waals surface area (Å²) in [5, 5.41) is 3.27. The Morgan fingerprint density at radius 3 is 2.83 bits per heavy atom. The second kappa shape index (κ2) is 2.94. The lowest BCUT2D eigenvalue weighted by atomic mass is 10.0. The van der Waals surface area contributed by atoms with E-state index in [4.69, 9.17) is 22.7 Å². The molecule has 1 unspecified atom stereocenters. The first kappa shape index (κ1) is 8.41. The molecule has 0 amide bonds. The molecule has 1 saturated carbocycles. The van der Waals surface area contributed by atoms with Gasteiger partial charge in [-0.1, -0.05) is 12.2 Å². The van der Waals surface area contributed by atoms with E-state index in [0.717, 1.165) is 32.4 Å². The van der Waals surface area contributed by atoms with Crippen LogP contribution >= 0.6 is 12.2 Å². The average molecular weight is 186 g/mol. The summed E-state index contributed by atoms with van der Waals surface area (Å²) in [6.07, 6.45) is 3.43. The molecule has 1 atom stereocenters. The van der Waals surface area contributed by atoms with Gasteiger partial charge in [-0.15, -0.1) is 0 Å². The predicted octanol–water partition coefficient (Wildman–Crippen LogP) is 0.389. The molecule has 68 valence electrons. The van der Waals surface area contributed by atoms with Gasteiger partial charge in [0.25, 0.3) is 0 Å². The molecule has 3 nitrogen and oxygen atoms in total.